The van der Waals surface area contributed by atoms with Gasteiger partial charge in [0, 0.05) is 28.6 Å². The topological polar surface area (TPSA) is 49.3 Å². The molecule has 1 fully saturated rings. The van der Waals surface area contributed by atoms with Gasteiger partial charge in [0.2, 0.25) is 0 Å². The van der Waals surface area contributed by atoms with E-state index < -0.39 is 0 Å². The number of halogens is 1. The van der Waals surface area contributed by atoms with Crippen molar-refractivity contribution in [3.05, 3.63) is 16.1 Å². The van der Waals surface area contributed by atoms with Crippen LogP contribution in [0.2, 0.25) is 0 Å². The first-order chi connectivity index (χ1) is 10.9. The molecule has 2 unspecified atom stereocenters. The molecule has 0 saturated heterocycles. The van der Waals surface area contributed by atoms with Gasteiger partial charge in [-0.25, -0.2) is 9.98 Å². The van der Waals surface area contributed by atoms with E-state index in [-0.39, 0.29) is 29.4 Å². The van der Waals surface area contributed by atoms with Gasteiger partial charge in [0.25, 0.3) is 0 Å². The lowest BCUT2D eigenvalue weighted by Gasteiger charge is -2.17. The zero-order valence-corrected chi connectivity index (χ0v) is 19.4. The molecular formula is C17H31IN4S2. The summed E-state index contributed by atoms with van der Waals surface area (Å²) in [4.78, 5) is 9.45. The van der Waals surface area contributed by atoms with Gasteiger partial charge in [0.05, 0.1) is 12.2 Å². The van der Waals surface area contributed by atoms with Crippen molar-refractivity contribution in [3.8, 4) is 0 Å². The van der Waals surface area contributed by atoms with E-state index in [1.165, 1.54) is 19.3 Å². The first-order valence-electron chi connectivity index (χ1n) is 8.45. The average molecular weight is 483 g/mol. The predicted octanol–water partition coefficient (Wildman–Crippen LogP) is 4.40. The number of aromatic nitrogens is 1. The molecule has 1 aromatic rings. The van der Waals surface area contributed by atoms with Crippen LogP contribution in [0.15, 0.2) is 10.4 Å². The number of hydrogen-bond acceptors (Lipinski definition) is 4. The minimum Gasteiger partial charge on any atom is -0.357 e. The van der Waals surface area contributed by atoms with Crippen LogP contribution in [0.1, 0.15) is 57.7 Å². The third-order valence-corrected chi connectivity index (χ3v) is 6.02. The van der Waals surface area contributed by atoms with Crippen LogP contribution in [0, 0.1) is 0 Å². The SMILES string of the molecule is CCNC(=NCc1nc(C(C)(C)C)cs1)NC1CCC(SC)C1.I. The lowest BCUT2D eigenvalue weighted by molar-refractivity contribution is 0.571. The van der Waals surface area contributed by atoms with Crippen LogP contribution in [0.4, 0.5) is 0 Å². The first kappa shape index (κ1) is 22.0. The first-order valence-corrected chi connectivity index (χ1v) is 10.6. The highest BCUT2D eigenvalue weighted by Crippen LogP contribution is 2.28. The van der Waals surface area contributed by atoms with Gasteiger partial charge in [-0.05, 0) is 32.4 Å². The molecule has 2 atom stereocenters. The average Bonchev–Trinajstić information content (AvgIpc) is 3.13. The molecule has 1 aromatic heterocycles. The van der Waals surface area contributed by atoms with E-state index in [4.69, 9.17) is 9.98 Å². The molecular weight excluding hydrogens is 451 g/mol. The number of hydrogen-bond donors (Lipinski definition) is 2. The number of guanidine groups is 1. The van der Waals surface area contributed by atoms with Crippen molar-refractivity contribution in [1.82, 2.24) is 15.6 Å². The Morgan fingerprint density at radius 2 is 2.17 bits per heavy atom. The summed E-state index contributed by atoms with van der Waals surface area (Å²) in [7, 11) is 0. The Morgan fingerprint density at radius 1 is 1.42 bits per heavy atom. The van der Waals surface area contributed by atoms with Crippen LogP contribution in [0.25, 0.3) is 0 Å². The van der Waals surface area contributed by atoms with Crippen LogP contribution in [-0.4, -0.2) is 35.0 Å². The summed E-state index contributed by atoms with van der Waals surface area (Å²) in [5.74, 6) is 0.923. The van der Waals surface area contributed by atoms with Crippen molar-refractivity contribution in [1.29, 1.82) is 0 Å². The molecule has 4 nitrogen and oxygen atoms in total. The zero-order chi connectivity index (χ0) is 16.9. The molecule has 138 valence electrons. The molecule has 0 aliphatic heterocycles. The molecule has 1 heterocycles. The van der Waals surface area contributed by atoms with Crippen molar-refractivity contribution in [2.24, 2.45) is 4.99 Å². The molecule has 1 aliphatic rings. The Labute approximate surface area is 172 Å². The van der Waals surface area contributed by atoms with Crippen LogP contribution < -0.4 is 10.6 Å². The summed E-state index contributed by atoms with van der Waals surface area (Å²) in [5.41, 5.74) is 1.27. The van der Waals surface area contributed by atoms with Gasteiger partial charge in [-0.1, -0.05) is 20.8 Å². The van der Waals surface area contributed by atoms with E-state index in [2.05, 4.69) is 50.0 Å². The molecule has 0 radical (unpaired) electrons. The predicted molar refractivity (Wildman–Crippen MR) is 119 cm³/mol. The Bertz CT molecular complexity index is 525. The number of thiazole rings is 1. The number of rotatable bonds is 5. The monoisotopic (exact) mass is 482 g/mol. The van der Waals surface area contributed by atoms with Crippen molar-refractivity contribution in [2.45, 2.75) is 70.2 Å². The highest BCUT2D eigenvalue weighted by molar-refractivity contribution is 14.0. The lowest BCUT2D eigenvalue weighted by atomic mass is 9.93. The van der Waals surface area contributed by atoms with Crippen molar-refractivity contribution >= 4 is 53.0 Å². The molecule has 1 aliphatic carbocycles. The summed E-state index contributed by atoms with van der Waals surface area (Å²) in [6, 6.07) is 0.548. The zero-order valence-electron chi connectivity index (χ0n) is 15.4. The smallest absolute Gasteiger partial charge is 0.191 e. The van der Waals surface area contributed by atoms with Gasteiger partial charge in [-0.2, -0.15) is 11.8 Å². The van der Waals surface area contributed by atoms with Crippen molar-refractivity contribution in [3.63, 3.8) is 0 Å². The second-order valence-corrected chi connectivity index (χ2v) is 9.16. The summed E-state index contributed by atoms with van der Waals surface area (Å²) in [6.45, 7) is 10.2. The highest BCUT2D eigenvalue weighted by atomic mass is 127. The minimum absolute atomic E-state index is 0. The van der Waals surface area contributed by atoms with E-state index in [1.807, 2.05) is 11.8 Å². The fraction of sp³-hybridized carbons (Fsp3) is 0.765. The summed E-state index contributed by atoms with van der Waals surface area (Å²) in [6.07, 6.45) is 5.99. The molecule has 2 rings (SSSR count). The Balaban J connectivity index is 0.00000288. The Morgan fingerprint density at radius 3 is 2.71 bits per heavy atom. The maximum Gasteiger partial charge on any atom is 0.191 e. The summed E-state index contributed by atoms with van der Waals surface area (Å²) in [5, 5.41) is 11.0. The summed E-state index contributed by atoms with van der Waals surface area (Å²) < 4.78 is 0. The molecule has 0 spiro atoms. The van der Waals surface area contributed by atoms with E-state index >= 15 is 0 Å². The number of nitrogens with one attached hydrogen (secondary N) is 2. The maximum atomic E-state index is 4.73. The highest BCUT2D eigenvalue weighted by Gasteiger charge is 2.24. The molecule has 0 amide bonds. The Kier molecular flexibility index (Phi) is 9.37. The van der Waals surface area contributed by atoms with Gasteiger partial charge in [0.1, 0.15) is 5.01 Å². The molecule has 2 N–H and O–H groups in total. The fourth-order valence-corrected chi connectivity index (χ4v) is 4.41. The molecule has 0 aromatic carbocycles. The maximum absolute atomic E-state index is 4.73. The number of thioether (sulfide) groups is 1. The van der Waals surface area contributed by atoms with Gasteiger partial charge in [-0.15, -0.1) is 35.3 Å². The van der Waals surface area contributed by atoms with E-state index in [0.717, 1.165) is 28.5 Å². The summed E-state index contributed by atoms with van der Waals surface area (Å²) >= 11 is 3.69. The standard InChI is InChI=1S/C17H30N4S2.HI/c1-6-18-16(20-12-7-8-13(9-12)22-5)19-10-15-21-14(11-23-15)17(2,3)4;/h11-13H,6-10H2,1-5H3,(H2,18,19,20);1H. The molecule has 0 bridgehead atoms. The van der Waals surface area contributed by atoms with Crippen LogP contribution in [0.5, 0.6) is 0 Å². The van der Waals surface area contributed by atoms with E-state index in [0.29, 0.717) is 12.6 Å². The third-order valence-electron chi connectivity index (χ3n) is 4.10. The Hall–Kier alpha value is -0.0200. The number of aliphatic imine (C=N–C) groups is 1. The fourth-order valence-electron chi connectivity index (χ4n) is 2.67. The largest absolute Gasteiger partial charge is 0.357 e. The van der Waals surface area contributed by atoms with Crippen molar-refractivity contribution in [2.75, 3.05) is 12.8 Å². The van der Waals surface area contributed by atoms with Gasteiger partial charge in [-0.3, -0.25) is 0 Å². The van der Waals surface area contributed by atoms with Crippen molar-refractivity contribution < 1.29 is 0 Å². The lowest BCUT2D eigenvalue weighted by Crippen LogP contribution is -2.42. The second-order valence-electron chi connectivity index (χ2n) is 7.08. The molecule has 7 heteroatoms. The van der Waals surface area contributed by atoms with Crippen LogP contribution in [-0.2, 0) is 12.0 Å². The van der Waals surface area contributed by atoms with E-state index in [9.17, 15) is 0 Å². The normalized spacial score (nSPS) is 21.5. The second kappa shape index (κ2) is 10.2. The van der Waals surface area contributed by atoms with Crippen LogP contribution in [0.3, 0.4) is 0 Å². The van der Waals surface area contributed by atoms with Crippen LogP contribution >= 0.6 is 47.1 Å². The minimum atomic E-state index is 0. The van der Waals surface area contributed by atoms with Gasteiger partial charge in [0.15, 0.2) is 5.96 Å². The van der Waals surface area contributed by atoms with Gasteiger partial charge >= 0.3 is 0 Å². The van der Waals surface area contributed by atoms with E-state index in [1.54, 1.807) is 11.3 Å². The quantitative estimate of drug-likeness (QED) is 0.371. The molecule has 1 saturated carbocycles. The molecule has 24 heavy (non-hydrogen) atoms. The van der Waals surface area contributed by atoms with Gasteiger partial charge < -0.3 is 10.6 Å². The number of nitrogens with zero attached hydrogens (tertiary/aromatic N) is 2. The third kappa shape index (κ3) is 6.71.